The molecule has 0 aliphatic heterocycles. The average Bonchev–Trinajstić information content (AvgIpc) is 3.15. The molecule has 140 valence electrons. The molecule has 1 aromatic heterocycles. The summed E-state index contributed by atoms with van der Waals surface area (Å²) in [7, 11) is 0. The summed E-state index contributed by atoms with van der Waals surface area (Å²) >= 11 is 1.24. The molecule has 1 N–H and O–H groups in total. The molecule has 1 amide bonds. The van der Waals surface area contributed by atoms with Gasteiger partial charge in [-0.05, 0) is 31.2 Å². The van der Waals surface area contributed by atoms with Crippen LogP contribution in [0.15, 0.2) is 59.8 Å². The van der Waals surface area contributed by atoms with Crippen molar-refractivity contribution < 1.29 is 13.9 Å². The van der Waals surface area contributed by atoms with Gasteiger partial charge in [0.15, 0.2) is 17.4 Å². The number of H-pyrrole nitrogens is 1. The highest BCUT2D eigenvalue weighted by atomic mass is 32.2. The molecule has 0 saturated heterocycles. The lowest BCUT2D eigenvalue weighted by Gasteiger charge is -2.20. The summed E-state index contributed by atoms with van der Waals surface area (Å²) in [4.78, 5) is 18.4. The molecular formula is C19H19FN4O2S. The Labute approximate surface area is 160 Å². The number of amides is 1. The summed E-state index contributed by atoms with van der Waals surface area (Å²) in [6.45, 7) is 2.58. The normalized spacial score (nSPS) is 10.6. The smallest absolute Gasteiger partial charge is 0.237 e. The third-order valence-corrected chi connectivity index (χ3v) is 4.55. The number of aromatic nitrogens is 3. The number of aromatic amines is 1. The van der Waals surface area contributed by atoms with E-state index in [0.717, 1.165) is 5.69 Å². The van der Waals surface area contributed by atoms with Crippen molar-refractivity contribution in [3.8, 4) is 5.75 Å². The number of benzene rings is 2. The minimum absolute atomic E-state index is 0.0253. The van der Waals surface area contributed by atoms with Gasteiger partial charge in [-0.1, -0.05) is 42.1 Å². The second-order valence-electron chi connectivity index (χ2n) is 5.55. The van der Waals surface area contributed by atoms with Crippen molar-refractivity contribution in [2.75, 3.05) is 17.2 Å². The van der Waals surface area contributed by atoms with Crippen LogP contribution in [0.2, 0.25) is 0 Å². The van der Waals surface area contributed by atoms with Gasteiger partial charge in [0.25, 0.3) is 0 Å². The van der Waals surface area contributed by atoms with E-state index in [1.165, 1.54) is 17.8 Å². The zero-order valence-electron chi connectivity index (χ0n) is 14.8. The Balaban J connectivity index is 1.53. The first kappa shape index (κ1) is 18.9. The number of thioether (sulfide) groups is 1. The standard InChI is InChI=1S/C19H19FN4O2S/c1-2-24(14-8-4-3-5-9-14)18(25)13-27-19-21-17(22-23-19)12-26-16-11-7-6-10-15(16)20/h3-11H,2,12-13H2,1H3,(H,21,22,23). The van der Waals surface area contributed by atoms with Gasteiger partial charge >= 0.3 is 0 Å². The van der Waals surface area contributed by atoms with Crippen LogP contribution >= 0.6 is 11.8 Å². The summed E-state index contributed by atoms with van der Waals surface area (Å²) in [6, 6.07) is 15.7. The fourth-order valence-electron chi connectivity index (χ4n) is 2.43. The van der Waals surface area contributed by atoms with Crippen molar-refractivity contribution in [1.29, 1.82) is 0 Å². The Hall–Kier alpha value is -2.87. The maximum absolute atomic E-state index is 13.5. The fourth-order valence-corrected chi connectivity index (χ4v) is 3.12. The number of rotatable bonds is 8. The van der Waals surface area contributed by atoms with Crippen LogP contribution < -0.4 is 9.64 Å². The van der Waals surface area contributed by atoms with Crippen LogP contribution in [-0.2, 0) is 11.4 Å². The Morgan fingerprint density at radius 3 is 2.67 bits per heavy atom. The van der Waals surface area contributed by atoms with E-state index in [9.17, 15) is 9.18 Å². The van der Waals surface area contributed by atoms with Gasteiger partial charge < -0.3 is 9.64 Å². The van der Waals surface area contributed by atoms with E-state index >= 15 is 0 Å². The van der Waals surface area contributed by atoms with Crippen LogP contribution in [0.25, 0.3) is 0 Å². The highest BCUT2D eigenvalue weighted by Gasteiger charge is 2.15. The fraction of sp³-hybridized carbons (Fsp3) is 0.211. The Morgan fingerprint density at radius 2 is 1.93 bits per heavy atom. The Bertz CT molecular complexity index is 888. The summed E-state index contributed by atoms with van der Waals surface area (Å²) in [5, 5.41) is 7.25. The summed E-state index contributed by atoms with van der Waals surface area (Å²) in [5.41, 5.74) is 0.861. The molecule has 0 aliphatic rings. The molecule has 27 heavy (non-hydrogen) atoms. The number of hydrogen-bond donors (Lipinski definition) is 1. The molecular weight excluding hydrogens is 367 g/mol. The molecule has 6 nitrogen and oxygen atoms in total. The lowest BCUT2D eigenvalue weighted by molar-refractivity contribution is -0.116. The topological polar surface area (TPSA) is 71.1 Å². The number of carbonyl (C=O) groups is 1. The summed E-state index contributed by atoms with van der Waals surface area (Å²) in [6.07, 6.45) is 0. The maximum atomic E-state index is 13.5. The van der Waals surface area contributed by atoms with Crippen LogP contribution in [0.4, 0.5) is 10.1 Å². The van der Waals surface area contributed by atoms with E-state index < -0.39 is 5.82 Å². The molecule has 3 rings (SSSR count). The SMILES string of the molecule is CCN(C(=O)CSc1n[nH]c(COc2ccccc2F)n1)c1ccccc1. The predicted molar refractivity (Wildman–Crippen MR) is 102 cm³/mol. The van der Waals surface area contributed by atoms with Crippen molar-refractivity contribution >= 4 is 23.4 Å². The molecule has 0 atom stereocenters. The minimum atomic E-state index is -0.433. The second-order valence-corrected chi connectivity index (χ2v) is 6.49. The first-order chi connectivity index (χ1) is 13.2. The monoisotopic (exact) mass is 386 g/mol. The van der Waals surface area contributed by atoms with Crippen molar-refractivity contribution in [3.05, 3.63) is 66.2 Å². The molecule has 2 aromatic carbocycles. The largest absolute Gasteiger partial charge is 0.483 e. The van der Waals surface area contributed by atoms with Crippen LogP contribution in [0.1, 0.15) is 12.7 Å². The number of ether oxygens (including phenoxy) is 1. The molecule has 0 radical (unpaired) electrons. The Kier molecular flexibility index (Phi) is 6.43. The lowest BCUT2D eigenvalue weighted by atomic mass is 10.3. The van der Waals surface area contributed by atoms with Crippen LogP contribution in [0, 0.1) is 5.82 Å². The summed E-state index contributed by atoms with van der Waals surface area (Å²) < 4.78 is 18.9. The van der Waals surface area contributed by atoms with Crippen molar-refractivity contribution in [3.63, 3.8) is 0 Å². The van der Waals surface area contributed by atoms with E-state index in [1.54, 1.807) is 23.1 Å². The van der Waals surface area contributed by atoms with Gasteiger partial charge in [-0.2, -0.15) is 0 Å². The highest BCUT2D eigenvalue weighted by Crippen LogP contribution is 2.19. The highest BCUT2D eigenvalue weighted by molar-refractivity contribution is 7.99. The molecule has 0 fully saturated rings. The van der Waals surface area contributed by atoms with Gasteiger partial charge in [0.2, 0.25) is 11.1 Å². The van der Waals surface area contributed by atoms with E-state index in [0.29, 0.717) is 17.5 Å². The predicted octanol–water partition coefficient (Wildman–Crippen LogP) is 3.67. The van der Waals surface area contributed by atoms with E-state index in [2.05, 4.69) is 15.2 Å². The number of anilines is 1. The van der Waals surface area contributed by atoms with Gasteiger partial charge in [0.1, 0.15) is 6.61 Å². The minimum Gasteiger partial charge on any atom is -0.483 e. The molecule has 0 saturated carbocycles. The zero-order valence-corrected chi connectivity index (χ0v) is 15.6. The molecule has 3 aromatic rings. The van der Waals surface area contributed by atoms with Crippen molar-refractivity contribution in [1.82, 2.24) is 15.2 Å². The lowest BCUT2D eigenvalue weighted by Crippen LogP contribution is -2.32. The second kappa shape index (κ2) is 9.18. The molecule has 8 heteroatoms. The molecule has 1 heterocycles. The quantitative estimate of drug-likeness (QED) is 0.598. The number of halogens is 1. The maximum Gasteiger partial charge on any atom is 0.237 e. The van der Waals surface area contributed by atoms with Crippen molar-refractivity contribution in [2.24, 2.45) is 0 Å². The van der Waals surface area contributed by atoms with Crippen LogP contribution in [-0.4, -0.2) is 33.4 Å². The third-order valence-electron chi connectivity index (χ3n) is 3.72. The zero-order chi connectivity index (χ0) is 19.1. The first-order valence-corrected chi connectivity index (χ1v) is 9.42. The van der Waals surface area contributed by atoms with Gasteiger partial charge in [-0.3, -0.25) is 9.89 Å². The van der Waals surface area contributed by atoms with Gasteiger partial charge in [-0.15, -0.1) is 5.10 Å². The number of para-hydroxylation sites is 2. The summed E-state index contributed by atoms with van der Waals surface area (Å²) in [5.74, 6) is 0.373. The number of carbonyl (C=O) groups excluding carboxylic acids is 1. The Morgan fingerprint density at radius 1 is 1.19 bits per heavy atom. The van der Waals surface area contributed by atoms with E-state index in [1.807, 2.05) is 37.3 Å². The van der Waals surface area contributed by atoms with Gasteiger partial charge in [0, 0.05) is 12.2 Å². The van der Waals surface area contributed by atoms with Gasteiger partial charge in [0.05, 0.1) is 5.75 Å². The third kappa shape index (κ3) is 5.07. The number of nitrogens with one attached hydrogen (secondary N) is 1. The molecule has 0 bridgehead atoms. The first-order valence-electron chi connectivity index (χ1n) is 8.44. The van der Waals surface area contributed by atoms with E-state index in [4.69, 9.17) is 4.74 Å². The average molecular weight is 386 g/mol. The molecule has 0 aliphatic carbocycles. The van der Waals surface area contributed by atoms with Crippen LogP contribution in [0.5, 0.6) is 5.75 Å². The van der Waals surface area contributed by atoms with Gasteiger partial charge in [-0.25, -0.2) is 9.37 Å². The van der Waals surface area contributed by atoms with E-state index in [-0.39, 0.29) is 24.0 Å². The number of nitrogens with zero attached hydrogens (tertiary/aromatic N) is 3. The van der Waals surface area contributed by atoms with Crippen LogP contribution in [0.3, 0.4) is 0 Å². The number of hydrogen-bond acceptors (Lipinski definition) is 5. The molecule has 0 spiro atoms. The van der Waals surface area contributed by atoms with Crippen molar-refractivity contribution in [2.45, 2.75) is 18.7 Å². The molecule has 0 unspecified atom stereocenters.